The van der Waals surface area contributed by atoms with Crippen LogP contribution in [0.4, 0.5) is 17.2 Å². The molecule has 4 rings (SSSR count). The molecule has 2 aromatic heterocycles. The van der Waals surface area contributed by atoms with E-state index in [2.05, 4.69) is 15.3 Å². The van der Waals surface area contributed by atoms with Crippen LogP contribution in [0.3, 0.4) is 0 Å². The largest absolute Gasteiger partial charge is 0.383 e. The standard InChI is InChI=1S/C19H18ClN5O3S2/c1-9(17(26)22-13-8-10(25(27)28)6-7-12(13)20)29-19-23-16(21)15-11-4-2-3-5-14(11)30-18(15)24-19/h6-9H,2-5H2,1H3,(H,22,26)(H2,21,23,24). The fraction of sp³-hybridized carbons (Fsp3) is 0.316. The van der Waals surface area contributed by atoms with E-state index in [1.54, 1.807) is 18.3 Å². The minimum Gasteiger partial charge on any atom is -0.383 e. The number of nitro groups is 1. The van der Waals surface area contributed by atoms with Gasteiger partial charge in [0.2, 0.25) is 5.91 Å². The number of carbonyl (C=O) groups is 1. The SMILES string of the molecule is CC(Sc1nc(N)c2c3c(sc2n1)CCCC3)C(=O)Nc1cc([N+](=O)[O-])ccc1Cl. The van der Waals surface area contributed by atoms with Crippen LogP contribution in [0.5, 0.6) is 0 Å². The normalized spacial score (nSPS) is 14.3. The van der Waals surface area contributed by atoms with E-state index in [1.165, 1.54) is 46.8 Å². The lowest BCUT2D eigenvalue weighted by Crippen LogP contribution is -2.23. The van der Waals surface area contributed by atoms with Crippen molar-refractivity contribution in [3.63, 3.8) is 0 Å². The Morgan fingerprint density at radius 2 is 2.13 bits per heavy atom. The zero-order valence-electron chi connectivity index (χ0n) is 16.0. The first kappa shape index (κ1) is 20.8. The molecular formula is C19H18ClN5O3S2. The number of non-ortho nitro benzene ring substituents is 1. The second-order valence-corrected chi connectivity index (χ2v) is 9.75. The molecule has 0 saturated heterocycles. The maximum Gasteiger partial charge on any atom is 0.271 e. The summed E-state index contributed by atoms with van der Waals surface area (Å²) in [5, 5.41) is 14.6. The second-order valence-electron chi connectivity index (χ2n) is 6.95. The number of anilines is 2. The van der Waals surface area contributed by atoms with Crippen LogP contribution in [0.15, 0.2) is 23.4 Å². The Kier molecular flexibility index (Phi) is 5.81. The van der Waals surface area contributed by atoms with Crippen LogP contribution < -0.4 is 11.1 Å². The summed E-state index contributed by atoms with van der Waals surface area (Å²) in [6.45, 7) is 1.70. The molecule has 1 aromatic carbocycles. The van der Waals surface area contributed by atoms with Gasteiger partial charge in [-0.1, -0.05) is 23.4 Å². The van der Waals surface area contributed by atoms with Gasteiger partial charge in [0.15, 0.2) is 5.16 Å². The van der Waals surface area contributed by atoms with E-state index in [4.69, 9.17) is 17.3 Å². The molecule has 1 aliphatic rings. The van der Waals surface area contributed by atoms with E-state index >= 15 is 0 Å². The summed E-state index contributed by atoms with van der Waals surface area (Å²) in [6, 6.07) is 3.89. The summed E-state index contributed by atoms with van der Waals surface area (Å²) < 4.78 is 0. The number of benzene rings is 1. The van der Waals surface area contributed by atoms with Crippen LogP contribution in [0.25, 0.3) is 10.2 Å². The molecule has 3 N–H and O–H groups in total. The van der Waals surface area contributed by atoms with Crippen LogP contribution in [0.2, 0.25) is 5.02 Å². The third-order valence-electron chi connectivity index (χ3n) is 4.89. The first-order valence-electron chi connectivity index (χ1n) is 9.32. The van der Waals surface area contributed by atoms with Gasteiger partial charge in [0.1, 0.15) is 10.6 Å². The van der Waals surface area contributed by atoms with E-state index in [9.17, 15) is 14.9 Å². The van der Waals surface area contributed by atoms with Crippen molar-refractivity contribution in [3.8, 4) is 0 Å². The Morgan fingerprint density at radius 3 is 2.90 bits per heavy atom. The van der Waals surface area contributed by atoms with E-state index < -0.39 is 10.2 Å². The minimum absolute atomic E-state index is 0.154. The van der Waals surface area contributed by atoms with E-state index in [1.807, 2.05) is 0 Å². The predicted octanol–water partition coefficient (Wildman–Crippen LogP) is 4.83. The quantitative estimate of drug-likeness (QED) is 0.240. The summed E-state index contributed by atoms with van der Waals surface area (Å²) in [6.07, 6.45) is 4.36. The predicted molar refractivity (Wildman–Crippen MR) is 121 cm³/mol. The van der Waals surface area contributed by atoms with Crippen molar-refractivity contribution in [1.82, 2.24) is 9.97 Å². The fourth-order valence-electron chi connectivity index (χ4n) is 3.39. The number of thioether (sulfide) groups is 1. The third-order valence-corrected chi connectivity index (χ3v) is 7.37. The summed E-state index contributed by atoms with van der Waals surface area (Å²) in [5.41, 5.74) is 7.52. The number of thiophene rings is 1. The summed E-state index contributed by atoms with van der Waals surface area (Å²) in [7, 11) is 0. The molecule has 0 aliphatic heterocycles. The van der Waals surface area contributed by atoms with Crippen molar-refractivity contribution < 1.29 is 9.72 Å². The number of hydrogen-bond donors (Lipinski definition) is 2. The van der Waals surface area contributed by atoms with Gasteiger partial charge < -0.3 is 11.1 Å². The molecule has 1 amide bonds. The summed E-state index contributed by atoms with van der Waals surface area (Å²) >= 11 is 8.89. The van der Waals surface area contributed by atoms with Crippen molar-refractivity contribution >= 4 is 68.0 Å². The molecule has 0 saturated carbocycles. The van der Waals surface area contributed by atoms with Crippen LogP contribution in [-0.4, -0.2) is 26.0 Å². The lowest BCUT2D eigenvalue weighted by molar-refractivity contribution is -0.384. The Bertz CT molecular complexity index is 1170. The highest BCUT2D eigenvalue weighted by Gasteiger charge is 2.23. The van der Waals surface area contributed by atoms with Crippen LogP contribution >= 0.6 is 34.7 Å². The lowest BCUT2D eigenvalue weighted by atomic mass is 9.97. The number of carbonyl (C=O) groups excluding carboxylic acids is 1. The van der Waals surface area contributed by atoms with E-state index in [0.717, 1.165) is 29.5 Å². The van der Waals surface area contributed by atoms with Crippen molar-refractivity contribution in [3.05, 3.63) is 43.8 Å². The molecule has 2 heterocycles. The number of nitrogen functional groups attached to an aromatic ring is 1. The average Bonchev–Trinajstić information content (AvgIpc) is 3.08. The molecule has 0 spiro atoms. The first-order valence-corrected chi connectivity index (χ1v) is 11.4. The Balaban J connectivity index is 1.53. The van der Waals surface area contributed by atoms with Crippen molar-refractivity contribution in [2.45, 2.75) is 43.0 Å². The van der Waals surface area contributed by atoms with Gasteiger partial charge in [-0.15, -0.1) is 11.3 Å². The number of nitrogens with two attached hydrogens (primary N) is 1. The maximum atomic E-state index is 12.6. The molecule has 0 fully saturated rings. The maximum absolute atomic E-state index is 12.6. The molecule has 1 unspecified atom stereocenters. The first-order chi connectivity index (χ1) is 14.3. The number of nitrogens with one attached hydrogen (secondary N) is 1. The van der Waals surface area contributed by atoms with Crippen molar-refractivity contribution in [2.24, 2.45) is 0 Å². The number of aromatic nitrogens is 2. The Labute approximate surface area is 185 Å². The van der Waals surface area contributed by atoms with E-state index in [0.29, 0.717) is 11.0 Å². The third kappa shape index (κ3) is 4.07. The fourth-order valence-corrected chi connectivity index (χ4v) is 5.66. The molecular weight excluding hydrogens is 446 g/mol. The Morgan fingerprint density at radius 1 is 1.37 bits per heavy atom. The van der Waals surface area contributed by atoms with Gasteiger partial charge in [-0.3, -0.25) is 14.9 Å². The van der Waals surface area contributed by atoms with Gasteiger partial charge in [-0.2, -0.15) is 0 Å². The second kappa shape index (κ2) is 8.37. The molecule has 11 heteroatoms. The average molecular weight is 464 g/mol. The number of amides is 1. The smallest absolute Gasteiger partial charge is 0.271 e. The number of halogens is 1. The highest BCUT2D eigenvalue weighted by atomic mass is 35.5. The molecule has 1 aliphatic carbocycles. The summed E-state index contributed by atoms with van der Waals surface area (Å²) in [5.74, 6) is 0.0753. The minimum atomic E-state index is -0.563. The molecule has 8 nitrogen and oxygen atoms in total. The molecule has 156 valence electrons. The number of hydrogen-bond acceptors (Lipinski definition) is 8. The number of rotatable bonds is 5. The summed E-state index contributed by atoms with van der Waals surface area (Å²) in [4.78, 5) is 34.2. The van der Waals surface area contributed by atoms with Crippen LogP contribution in [-0.2, 0) is 17.6 Å². The zero-order chi connectivity index (χ0) is 21.4. The van der Waals surface area contributed by atoms with Crippen molar-refractivity contribution in [1.29, 1.82) is 0 Å². The van der Waals surface area contributed by atoms with Crippen LogP contribution in [0, 0.1) is 10.1 Å². The highest BCUT2D eigenvalue weighted by Crippen LogP contribution is 2.39. The monoisotopic (exact) mass is 463 g/mol. The van der Waals surface area contributed by atoms with Crippen molar-refractivity contribution in [2.75, 3.05) is 11.1 Å². The molecule has 0 bridgehead atoms. The number of fused-ring (bicyclic) bond motifs is 3. The number of aryl methyl sites for hydroxylation is 2. The van der Waals surface area contributed by atoms with Gasteiger partial charge in [-0.25, -0.2) is 9.97 Å². The van der Waals surface area contributed by atoms with E-state index in [-0.39, 0.29) is 22.3 Å². The highest BCUT2D eigenvalue weighted by molar-refractivity contribution is 8.00. The van der Waals surface area contributed by atoms with Gasteiger partial charge in [0.05, 0.1) is 26.3 Å². The lowest BCUT2D eigenvalue weighted by Gasteiger charge is -2.13. The Hall–Kier alpha value is -2.43. The zero-order valence-corrected chi connectivity index (χ0v) is 18.4. The van der Waals surface area contributed by atoms with Gasteiger partial charge in [-0.05, 0) is 44.2 Å². The van der Waals surface area contributed by atoms with Gasteiger partial charge in [0.25, 0.3) is 5.69 Å². The molecule has 0 radical (unpaired) electrons. The van der Waals surface area contributed by atoms with Crippen LogP contribution in [0.1, 0.15) is 30.2 Å². The topological polar surface area (TPSA) is 124 Å². The molecule has 3 aromatic rings. The molecule has 1 atom stereocenters. The number of nitro benzene ring substituents is 1. The number of nitrogens with zero attached hydrogens (tertiary/aromatic N) is 3. The molecule has 30 heavy (non-hydrogen) atoms. The van der Waals surface area contributed by atoms with Gasteiger partial charge in [0, 0.05) is 17.0 Å². The van der Waals surface area contributed by atoms with Gasteiger partial charge >= 0.3 is 0 Å².